The average Bonchev–Trinajstić information content (AvgIpc) is 2.69. The Kier molecular flexibility index (Phi) is 6.36. The van der Waals surface area contributed by atoms with Crippen LogP contribution in [-0.2, 0) is 6.54 Å². The first-order valence-electron chi connectivity index (χ1n) is 9.45. The minimum atomic E-state index is -0.250. The van der Waals surface area contributed by atoms with Crippen LogP contribution >= 0.6 is 15.9 Å². The van der Waals surface area contributed by atoms with Gasteiger partial charge in [0.2, 0.25) is 5.95 Å². The van der Waals surface area contributed by atoms with Crippen molar-refractivity contribution in [3.8, 4) is 11.1 Å². The van der Waals surface area contributed by atoms with E-state index in [1.807, 2.05) is 58.0 Å². The summed E-state index contributed by atoms with van der Waals surface area (Å²) in [7, 11) is 3.75. The number of aromatic amines is 1. The van der Waals surface area contributed by atoms with Crippen LogP contribution in [0.3, 0.4) is 0 Å². The summed E-state index contributed by atoms with van der Waals surface area (Å²) in [6.45, 7) is 5.72. The zero-order chi connectivity index (χ0) is 22.0. The molecule has 156 valence electrons. The summed E-state index contributed by atoms with van der Waals surface area (Å²) < 4.78 is 0.811. The molecule has 0 unspecified atom stereocenters. The highest BCUT2D eigenvalue weighted by Crippen LogP contribution is 2.28. The third-order valence-electron chi connectivity index (χ3n) is 4.88. The van der Waals surface area contributed by atoms with Gasteiger partial charge in [-0.1, -0.05) is 15.9 Å². The average molecular weight is 470 g/mol. The Labute approximate surface area is 183 Å². The molecule has 1 aromatic carbocycles. The van der Waals surface area contributed by atoms with Crippen molar-refractivity contribution in [1.29, 1.82) is 0 Å². The van der Waals surface area contributed by atoms with Gasteiger partial charge in [-0.3, -0.25) is 9.59 Å². The van der Waals surface area contributed by atoms with Crippen molar-refractivity contribution in [2.24, 2.45) is 0 Å². The molecule has 0 radical (unpaired) electrons. The fourth-order valence-corrected chi connectivity index (χ4v) is 3.61. The lowest BCUT2D eigenvalue weighted by molar-refractivity contribution is 0.0950. The Morgan fingerprint density at radius 1 is 1.10 bits per heavy atom. The highest BCUT2D eigenvalue weighted by atomic mass is 79.9. The van der Waals surface area contributed by atoms with E-state index in [0.29, 0.717) is 17.1 Å². The summed E-state index contributed by atoms with van der Waals surface area (Å²) in [6, 6.07) is 5.65. The van der Waals surface area contributed by atoms with Crippen LogP contribution in [0.25, 0.3) is 11.1 Å². The van der Waals surface area contributed by atoms with E-state index in [9.17, 15) is 9.59 Å². The first-order chi connectivity index (χ1) is 14.2. The normalized spacial score (nSPS) is 10.7. The number of benzene rings is 1. The Morgan fingerprint density at radius 2 is 1.77 bits per heavy atom. The largest absolute Gasteiger partial charge is 0.348 e. The lowest BCUT2D eigenvalue weighted by Gasteiger charge is -2.13. The Hall–Kier alpha value is -3.00. The summed E-state index contributed by atoms with van der Waals surface area (Å²) in [5.41, 5.74) is 4.98. The van der Waals surface area contributed by atoms with E-state index in [4.69, 9.17) is 0 Å². The van der Waals surface area contributed by atoms with Gasteiger partial charge in [0.1, 0.15) is 0 Å². The number of pyridine rings is 1. The van der Waals surface area contributed by atoms with Gasteiger partial charge in [-0.25, -0.2) is 9.97 Å². The number of carbonyl (C=O) groups excluding carboxylic acids is 1. The number of aryl methyl sites for hydroxylation is 2. The maximum Gasteiger partial charge on any atom is 0.253 e. The highest BCUT2D eigenvalue weighted by molar-refractivity contribution is 9.10. The lowest BCUT2D eigenvalue weighted by atomic mass is 10.0. The summed E-state index contributed by atoms with van der Waals surface area (Å²) in [5.74, 6) is 0.363. The van der Waals surface area contributed by atoms with E-state index in [-0.39, 0.29) is 18.0 Å². The Bertz CT molecular complexity index is 1150. The predicted molar refractivity (Wildman–Crippen MR) is 122 cm³/mol. The minimum absolute atomic E-state index is 0.155. The molecule has 3 rings (SSSR count). The fraction of sp³-hybridized carbons (Fsp3) is 0.273. The van der Waals surface area contributed by atoms with Crippen LogP contribution in [0, 0.1) is 20.8 Å². The molecule has 2 aromatic heterocycles. The molecule has 7 nitrogen and oxygen atoms in total. The molecule has 1 amide bonds. The predicted octanol–water partition coefficient (Wildman–Crippen LogP) is 3.52. The van der Waals surface area contributed by atoms with Gasteiger partial charge in [0.05, 0.1) is 0 Å². The molecule has 0 fully saturated rings. The van der Waals surface area contributed by atoms with Crippen molar-refractivity contribution in [3.63, 3.8) is 0 Å². The number of aromatic nitrogens is 3. The maximum absolute atomic E-state index is 12.9. The third-order valence-corrected chi connectivity index (χ3v) is 5.70. The number of nitrogens with one attached hydrogen (secondary N) is 2. The zero-order valence-corrected chi connectivity index (χ0v) is 19.2. The van der Waals surface area contributed by atoms with E-state index >= 15 is 0 Å². The van der Waals surface area contributed by atoms with Crippen LogP contribution in [0.2, 0.25) is 0 Å². The number of H-pyrrole nitrogens is 1. The molecule has 3 aromatic rings. The van der Waals surface area contributed by atoms with Gasteiger partial charge in [0, 0.05) is 59.9 Å². The molecule has 8 heteroatoms. The lowest BCUT2D eigenvalue weighted by Crippen LogP contribution is -2.28. The van der Waals surface area contributed by atoms with Crippen molar-refractivity contribution < 1.29 is 4.79 Å². The minimum Gasteiger partial charge on any atom is -0.348 e. The first kappa shape index (κ1) is 21.7. The van der Waals surface area contributed by atoms with Crippen molar-refractivity contribution in [3.05, 3.63) is 73.4 Å². The molecule has 2 heterocycles. The molecular weight excluding hydrogens is 446 g/mol. The summed E-state index contributed by atoms with van der Waals surface area (Å²) in [5, 5.41) is 2.87. The summed E-state index contributed by atoms with van der Waals surface area (Å²) >= 11 is 3.54. The molecule has 0 aliphatic rings. The van der Waals surface area contributed by atoms with Crippen molar-refractivity contribution >= 4 is 27.8 Å². The molecule has 0 saturated carbocycles. The molecular formula is C22H24BrN5O2. The van der Waals surface area contributed by atoms with Crippen LogP contribution in [0.5, 0.6) is 0 Å². The molecule has 0 atom stereocenters. The van der Waals surface area contributed by atoms with Gasteiger partial charge in [-0.05, 0) is 55.7 Å². The van der Waals surface area contributed by atoms with Crippen LogP contribution in [0.15, 0.2) is 39.9 Å². The van der Waals surface area contributed by atoms with Gasteiger partial charge in [0.25, 0.3) is 11.5 Å². The summed E-state index contributed by atoms with van der Waals surface area (Å²) in [6.07, 6.45) is 3.46. The number of anilines is 1. The Morgan fingerprint density at radius 3 is 2.37 bits per heavy atom. The van der Waals surface area contributed by atoms with E-state index in [1.54, 1.807) is 12.4 Å². The number of carbonyl (C=O) groups is 1. The molecule has 0 aliphatic heterocycles. The zero-order valence-electron chi connectivity index (χ0n) is 17.6. The second-order valence-electron chi connectivity index (χ2n) is 7.42. The number of hydrogen-bond donors (Lipinski definition) is 2. The molecule has 0 bridgehead atoms. The number of halogens is 1. The molecule has 30 heavy (non-hydrogen) atoms. The third kappa shape index (κ3) is 4.59. The number of nitrogens with zero attached hydrogens (tertiary/aromatic N) is 3. The second-order valence-corrected chi connectivity index (χ2v) is 8.28. The highest BCUT2D eigenvalue weighted by Gasteiger charge is 2.15. The second kappa shape index (κ2) is 8.79. The standard InChI is InChI=1S/C22H24BrN5O2/c1-12-6-13(2)27-21(30)18(12)11-24-20(29)17-7-15(8-19(23)14(17)3)16-9-25-22(26-10-16)28(4)5/h6-10H,11H2,1-5H3,(H,24,29)(H,27,30). The quantitative estimate of drug-likeness (QED) is 0.596. The molecule has 0 spiro atoms. The maximum atomic E-state index is 12.9. The van der Waals surface area contributed by atoms with Gasteiger partial charge in [0.15, 0.2) is 0 Å². The van der Waals surface area contributed by atoms with Crippen LogP contribution < -0.4 is 15.8 Å². The van der Waals surface area contributed by atoms with Gasteiger partial charge >= 0.3 is 0 Å². The monoisotopic (exact) mass is 469 g/mol. The van der Waals surface area contributed by atoms with E-state index in [2.05, 4.69) is 36.2 Å². The van der Waals surface area contributed by atoms with Crippen LogP contribution in [-0.4, -0.2) is 35.0 Å². The van der Waals surface area contributed by atoms with E-state index < -0.39 is 0 Å². The smallest absolute Gasteiger partial charge is 0.253 e. The van der Waals surface area contributed by atoms with Crippen molar-refractivity contribution in [1.82, 2.24) is 20.3 Å². The number of rotatable bonds is 5. The molecule has 2 N–H and O–H groups in total. The van der Waals surface area contributed by atoms with Gasteiger partial charge in [-0.2, -0.15) is 0 Å². The van der Waals surface area contributed by atoms with E-state index in [1.165, 1.54) is 0 Å². The first-order valence-corrected chi connectivity index (χ1v) is 10.2. The van der Waals surface area contributed by atoms with Gasteiger partial charge in [-0.15, -0.1) is 0 Å². The fourth-order valence-electron chi connectivity index (χ4n) is 3.15. The summed E-state index contributed by atoms with van der Waals surface area (Å²) in [4.78, 5) is 38.4. The molecule has 0 aliphatic carbocycles. The number of hydrogen-bond acceptors (Lipinski definition) is 5. The van der Waals surface area contributed by atoms with Crippen LogP contribution in [0.4, 0.5) is 5.95 Å². The SMILES string of the molecule is Cc1cc(C)c(CNC(=O)c2cc(-c3cnc(N(C)C)nc3)cc(Br)c2C)c(=O)[nH]1. The molecule has 0 saturated heterocycles. The van der Waals surface area contributed by atoms with Gasteiger partial charge < -0.3 is 15.2 Å². The van der Waals surface area contributed by atoms with Crippen molar-refractivity contribution in [2.45, 2.75) is 27.3 Å². The van der Waals surface area contributed by atoms with Crippen molar-refractivity contribution in [2.75, 3.05) is 19.0 Å². The van der Waals surface area contributed by atoms with Crippen LogP contribution in [0.1, 0.15) is 32.7 Å². The number of amides is 1. The van der Waals surface area contributed by atoms with E-state index in [0.717, 1.165) is 32.4 Å². The topological polar surface area (TPSA) is 91.0 Å². The Balaban J connectivity index is 1.88.